The monoisotopic (exact) mass is 449 g/mol. The number of ether oxygens (including phenoxy) is 1. The number of nitrogens with zero attached hydrogens (tertiary/aromatic N) is 1. The highest BCUT2D eigenvalue weighted by Gasteiger charge is 2.28. The molecule has 1 unspecified atom stereocenters. The van der Waals surface area contributed by atoms with Gasteiger partial charge < -0.3 is 9.84 Å². The van der Waals surface area contributed by atoms with Gasteiger partial charge in [-0.15, -0.1) is 0 Å². The standard InChI is InChI=1S/C26H27NO4S/c1-26(2)14-13-22-16-23(11-12-24(22)31-26)32(30)27(18-25(28)29)17-19-7-6-10-21(15-19)20-8-4-3-5-9-20/h3-12,15-16H,13-14,17-18H2,1-2H3,(H,28,29). The normalized spacial score (nSPS) is 15.6. The summed E-state index contributed by atoms with van der Waals surface area (Å²) in [6.07, 6.45) is 1.71. The lowest BCUT2D eigenvalue weighted by molar-refractivity contribution is -0.137. The number of aliphatic carboxylic acids is 1. The number of hydrogen-bond donors (Lipinski definition) is 1. The van der Waals surface area contributed by atoms with Gasteiger partial charge in [0.15, 0.2) is 0 Å². The van der Waals surface area contributed by atoms with E-state index >= 15 is 0 Å². The van der Waals surface area contributed by atoms with E-state index in [0.29, 0.717) is 4.90 Å². The van der Waals surface area contributed by atoms with Crippen molar-refractivity contribution in [2.75, 3.05) is 6.54 Å². The van der Waals surface area contributed by atoms with Crippen LogP contribution in [0.2, 0.25) is 0 Å². The number of hydrogen-bond acceptors (Lipinski definition) is 3. The van der Waals surface area contributed by atoms with Crippen molar-refractivity contribution in [3.63, 3.8) is 0 Å². The molecule has 5 nitrogen and oxygen atoms in total. The van der Waals surface area contributed by atoms with Crippen LogP contribution in [0.4, 0.5) is 0 Å². The van der Waals surface area contributed by atoms with Crippen LogP contribution in [0.3, 0.4) is 0 Å². The molecule has 0 radical (unpaired) electrons. The Morgan fingerprint density at radius 2 is 1.78 bits per heavy atom. The second-order valence-electron chi connectivity index (χ2n) is 8.64. The summed E-state index contributed by atoms with van der Waals surface area (Å²) in [5.41, 5.74) is 3.82. The van der Waals surface area contributed by atoms with Crippen LogP contribution in [-0.4, -0.2) is 31.7 Å². The van der Waals surface area contributed by atoms with E-state index < -0.39 is 17.0 Å². The summed E-state index contributed by atoms with van der Waals surface area (Å²) in [5.74, 6) is -0.206. The molecule has 0 fully saturated rings. The molecule has 0 aliphatic carbocycles. The zero-order chi connectivity index (χ0) is 22.7. The molecule has 3 aromatic carbocycles. The Bertz CT molecular complexity index is 1140. The molecule has 0 aromatic heterocycles. The largest absolute Gasteiger partial charge is 0.488 e. The summed E-state index contributed by atoms with van der Waals surface area (Å²) in [6, 6.07) is 23.4. The van der Waals surface area contributed by atoms with E-state index in [2.05, 4.69) is 13.8 Å². The first-order chi connectivity index (χ1) is 15.3. The number of carboxylic acid groups (broad SMARTS) is 1. The van der Waals surface area contributed by atoms with Crippen molar-refractivity contribution >= 4 is 17.0 Å². The molecule has 32 heavy (non-hydrogen) atoms. The van der Waals surface area contributed by atoms with Gasteiger partial charge in [0.1, 0.15) is 28.9 Å². The topological polar surface area (TPSA) is 66.8 Å². The average Bonchev–Trinajstić information content (AvgIpc) is 2.78. The van der Waals surface area contributed by atoms with E-state index in [-0.39, 0.29) is 18.7 Å². The van der Waals surface area contributed by atoms with Crippen LogP contribution >= 0.6 is 0 Å². The second kappa shape index (κ2) is 9.27. The molecule has 1 N–H and O–H groups in total. The van der Waals surface area contributed by atoms with Gasteiger partial charge in [0.2, 0.25) is 0 Å². The molecule has 0 bridgehead atoms. The minimum Gasteiger partial charge on any atom is -0.488 e. The highest BCUT2D eigenvalue weighted by Crippen LogP contribution is 2.34. The molecular weight excluding hydrogens is 422 g/mol. The second-order valence-corrected chi connectivity index (χ2v) is 10.1. The third-order valence-corrected chi connectivity index (χ3v) is 6.94. The summed E-state index contributed by atoms with van der Waals surface area (Å²) in [6.45, 7) is 4.06. The molecule has 4 rings (SSSR count). The first-order valence-electron chi connectivity index (χ1n) is 10.7. The van der Waals surface area contributed by atoms with Crippen LogP contribution in [0.1, 0.15) is 31.4 Å². The minimum atomic E-state index is -1.61. The smallest absolute Gasteiger partial charge is 0.318 e. The molecule has 1 aliphatic heterocycles. The van der Waals surface area contributed by atoms with Crippen molar-refractivity contribution in [1.82, 2.24) is 4.31 Å². The Hall–Kier alpha value is -2.96. The molecule has 1 heterocycles. The molecule has 0 spiro atoms. The molecule has 1 atom stereocenters. The Balaban J connectivity index is 1.58. The summed E-state index contributed by atoms with van der Waals surface area (Å²) in [4.78, 5) is 12.1. The molecular formula is C26H27NO4S. The maximum absolute atomic E-state index is 13.4. The van der Waals surface area contributed by atoms with Crippen LogP contribution < -0.4 is 4.74 Å². The number of carbonyl (C=O) groups is 1. The third kappa shape index (κ3) is 5.26. The molecule has 1 aliphatic rings. The zero-order valence-electron chi connectivity index (χ0n) is 18.3. The SMILES string of the molecule is CC1(C)CCc2cc(S(=O)N(CC(=O)O)Cc3cccc(-c4ccccc4)c3)ccc2O1. The van der Waals surface area contributed by atoms with Gasteiger partial charge in [-0.05, 0) is 73.2 Å². The number of carboxylic acids is 1. The Kier molecular flexibility index (Phi) is 6.44. The number of benzene rings is 3. The van der Waals surface area contributed by atoms with Crippen LogP contribution in [0.15, 0.2) is 77.7 Å². The van der Waals surface area contributed by atoms with Crippen molar-refractivity contribution in [2.24, 2.45) is 0 Å². The molecule has 0 amide bonds. The van der Waals surface area contributed by atoms with E-state index in [1.807, 2.05) is 66.7 Å². The predicted molar refractivity (Wildman–Crippen MR) is 126 cm³/mol. The molecule has 166 valence electrons. The van der Waals surface area contributed by atoms with Crippen LogP contribution in [0.5, 0.6) is 5.75 Å². The fraction of sp³-hybridized carbons (Fsp3) is 0.269. The van der Waals surface area contributed by atoms with Crippen LogP contribution in [-0.2, 0) is 28.7 Å². The average molecular weight is 450 g/mol. The lowest BCUT2D eigenvalue weighted by Crippen LogP contribution is -2.33. The van der Waals surface area contributed by atoms with Crippen molar-refractivity contribution in [2.45, 2.75) is 43.7 Å². The first-order valence-corrected chi connectivity index (χ1v) is 11.8. The summed E-state index contributed by atoms with van der Waals surface area (Å²) < 4.78 is 20.9. The number of aryl methyl sites for hydroxylation is 1. The molecule has 6 heteroatoms. The Morgan fingerprint density at radius 3 is 2.53 bits per heavy atom. The minimum absolute atomic E-state index is 0.215. The van der Waals surface area contributed by atoms with E-state index in [4.69, 9.17) is 4.74 Å². The first kappa shape index (κ1) is 22.2. The molecule has 3 aromatic rings. The number of fused-ring (bicyclic) bond motifs is 1. The van der Waals surface area contributed by atoms with Crippen molar-refractivity contribution in [1.29, 1.82) is 0 Å². The van der Waals surface area contributed by atoms with Gasteiger partial charge in [-0.2, -0.15) is 0 Å². The highest BCUT2D eigenvalue weighted by molar-refractivity contribution is 7.82. The summed E-state index contributed by atoms with van der Waals surface area (Å²) in [5, 5.41) is 9.44. The van der Waals surface area contributed by atoms with E-state index in [9.17, 15) is 14.1 Å². The van der Waals surface area contributed by atoms with E-state index in [1.54, 1.807) is 6.07 Å². The van der Waals surface area contributed by atoms with Gasteiger partial charge >= 0.3 is 5.97 Å². The summed E-state index contributed by atoms with van der Waals surface area (Å²) >= 11 is 0. The lowest BCUT2D eigenvalue weighted by atomic mass is 9.94. The van der Waals surface area contributed by atoms with Gasteiger partial charge in [-0.3, -0.25) is 4.79 Å². The van der Waals surface area contributed by atoms with Gasteiger partial charge in [0.25, 0.3) is 0 Å². The van der Waals surface area contributed by atoms with Gasteiger partial charge in [0.05, 0.1) is 4.90 Å². The molecule has 0 saturated heterocycles. The Morgan fingerprint density at radius 1 is 1.03 bits per heavy atom. The summed E-state index contributed by atoms with van der Waals surface area (Å²) in [7, 11) is -1.61. The van der Waals surface area contributed by atoms with Crippen LogP contribution in [0, 0.1) is 0 Å². The third-order valence-electron chi connectivity index (χ3n) is 5.56. The van der Waals surface area contributed by atoms with Crippen molar-refractivity contribution in [3.05, 3.63) is 83.9 Å². The molecule has 0 saturated carbocycles. The maximum Gasteiger partial charge on any atom is 0.318 e. The van der Waals surface area contributed by atoms with Crippen LogP contribution in [0.25, 0.3) is 11.1 Å². The van der Waals surface area contributed by atoms with Gasteiger partial charge in [-0.25, -0.2) is 8.51 Å². The van der Waals surface area contributed by atoms with Crippen molar-refractivity contribution < 1.29 is 18.8 Å². The zero-order valence-corrected chi connectivity index (χ0v) is 19.1. The Labute approximate surface area is 191 Å². The van der Waals surface area contributed by atoms with E-state index in [0.717, 1.165) is 40.8 Å². The van der Waals surface area contributed by atoms with Crippen molar-refractivity contribution in [3.8, 4) is 16.9 Å². The highest BCUT2D eigenvalue weighted by atomic mass is 32.2. The lowest BCUT2D eigenvalue weighted by Gasteiger charge is -2.32. The predicted octanol–water partition coefficient (Wildman–Crippen LogP) is 5.07. The fourth-order valence-electron chi connectivity index (χ4n) is 3.90. The maximum atomic E-state index is 13.4. The fourth-order valence-corrected chi connectivity index (χ4v) is 5.12. The number of rotatable bonds is 7. The quantitative estimate of drug-likeness (QED) is 0.547. The van der Waals surface area contributed by atoms with Gasteiger partial charge in [-0.1, -0.05) is 48.5 Å². The van der Waals surface area contributed by atoms with Gasteiger partial charge in [0, 0.05) is 6.54 Å². The van der Waals surface area contributed by atoms with E-state index in [1.165, 1.54) is 4.31 Å².